The first-order valence-electron chi connectivity index (χ1n) is 18.4. The Kier molecular flexibility index (Phi) is 30.8. The van der Waals surface area contributed by atoms with E-state index in [2.05, 4.69) is 49.6 Å². The highest BCUT2D eigenvalue weighted by Crippen LogP contribution is 2.36. The largest absolute Gasteiger partial charge is 0.469 e. The molecule has 10 heteroatoms. The van der Waals surface area contributed by atoms with E-state index >= 15 is 0 Å². The second-order valence-corrected chi connectivity index (χ2v) is 13.9. The number of aliphatic hydroxyl groups is 1. The zero-order chi connectivity index (χ0) is 35.7. The van der Waals surface area contributed by atoms with Crippen LogP contribution >= 0.6 is 7.82 Å². The highest BCUT2D eigenvalue weighted by atomic mass is 31.2. The number of hydrogen-bond acceptors (Lipinski definition) is 7. The number of phosphoric acid groups is 1. The van der Waals surface area contributed by atoms with E-state index in [0.717, 1.165) is 63.7 Å². The average molecular weight is 699 g/mol. The summed E-state index contributed by atoms with van der Waals surface area (Å²) < 4.78 is 26.2. The standard InChI is InChI=1S/C38H67O9P/c1-4-6-28-35(39)29-24-20-16-11-9-7-8-10-12-18-22-26-31-38(41)47-36(33-46-48(42,43)44)32-45-37(40)30-25-21-17-14-13-15-19-23-27-34(3)5-2/h7-8,11-12,16,18,24,29,34-36,39H,4-6,9-10,13-15,17,19-23,25-28,30-33H2,1-3H3,(H2,42,43,44)/b8-7-,16-11-,18-12-,29-24-/t34?,35-,36-/m1/s1. The lowest BCUT2D eigenvalue weighted by Crippen LogP contribution is -2.29. The normalized spacial score (nSPS) is 14.4. The highest BCUT2D eigenvalue weighted by Gasteiger charge is 2.22. The minimum atomic E-state index is -4.77. The number of hydrogen-bond donors (Lipinski definition) is 3. The molecule has 0 amide bonds. The molecule has 0 radical (unpaired) electrons. The molecule has 0 bridgehead atoms. The highest BCUT2D eigenvalue weighted by molar-refractivity contribution is 7.46. The van der Waals surface area contributed by atoms with Gasteiger partial charge < -0.3 is 24.4 Å². The summed E-state index contributed by atoms with van der Waals surface area (Å²) >= 11 is 0. The van der Waals surface area contributed by atoms with Gasteiger partial charge in [-0.25, -0.2) is 4.57 Å². The Labute approximate surface area is 291 Å². The molecule has 278 valence electrons. The van der Waals surface area contributed by atoms with Gasteiger partial charge in [-0.05, 0) is 50.9 Å². The zero-order valence-electron chi connectivity index (χ0n) is 30.1. The number of phosphoric ester groups is 1. The molecule has 0 aliphatic carbocycles. The maximum atomic E-state index is 12.3. The van der Waals surface area contributed by atoms with Crippen molar-refractivity contribution >= 4 is 19.8 Å². The van der Waals surface area contributed by atoms with E-state index in [1.807, 2.05) is 24.3 Å². The van der Waals surface area contributed by atoms with Crippen LogP contribution in [0.1, 0.15) is 149 Å². The van der Waals surface area contributed by atoms with Crippen molar-refractivity contribution in [2.75, 3.05) is 13.2 Å². The smallest absolute Gasteiger partial charge is 0.462 e. The monoisotopic (exact) mass is 698 g/mol. The molecule has 48 heavy (non-hydrogen) atoms. The summed E-state index contributed by atoms with van der Waals surface area (Å²) in [5.74, 6) is -0.160. The number of allylic oxidation sites excluding steroid dienone is 7. The van der Waals surface area contributed by atoms with E-state index in [4.69, 9.17) is 19.3 Å². The molecule has 0 aromatic rings. The van der Waals surface area contributed by atoms with Crippen LogP contribution in [-0.4, -0.2) is 52.3 Å². The van der Waals surface area contributed by atoms with Crippen molar-refractivity contribution < 1.29 is 43.0 Å². The molecule has 1 unspecified atom stereocenters. The van der Waals surface area contributed by atoms with Crippen LogP contribution in [0.4, 0.5) is 0 Å². The summed E-state index contributed by atoms with van der Waals surface area (Å²) in [6.45, 7) is 5.77. The van der Waals surface area contributed by atoms with Crippen LogP contribution in [0, 0.1) is 5.92 Å². The average Bonchev–Trinajstić information content (AvgIpc) is 3.05. The van der Waals surface area contributed by atoms with Gasteiger partial charge in [-0.1, -0.05) is 140 Å². The predicted octanol–water partition coefficient (Wildman–Crippen LogP) is 9.61. The topological polar surface area (TPSA) is 140 Å². The van der Waals surface area contributed by atoms with E-state index in [1.165, 1.54) is 38.5 Å². The van der Waals surface area contributed by atoms with Crippen molar-refractivity contribution in [1.29, 1.82) is 0 Å². The SMILES string of the molecule is CCCC[C@@H](O)/C=C\C/C=C\C/C=C\C/C=C\CCCC(=O)O[C@H](COC(=O)CCCCCCCCCCC(C)CC)COP(=O)(O)O. The summed E-state index contributed by atoms with van der Waals surface area (Å²) in [6.07, 6.45) is 33.2. The second-order valence-electron chi connectivity index (χ2n) is 12.6. The van der Waals surface area contributed by atoms with Gasteiger partial charge in [0.15, 0.2) is 6.10 Å². The second kappa shape index (κ2) is 32.2. The van der Waals surface area contributed by atoms with Crippen molar-refractivity contribution in [2.24, 2.45) is 5.92 Å². The first kappa shape index (κ1) is 46.0. The molecular weight excluding hydrogens is 631 g/mol. The lowest BCUT2D eigenvalue weighted by molar-refractivity contribution is -0.161. The molecule has 0 saturated carbocycles. The molecule has 9 nitrogen and oxygen atoms in total. The molecule has 0 aliphatic rings. The first-order valence-corrected chi connectivity index (χ1v) is 19.9. The van der Waals surface area contributed by atoms with Crippen LogP contribution in [0.15, 0.2) is 48.6 Å². The molecule has 0 aromatic carbocycles. The van der Waals surface area contributed by atoms with Crippen LogP contribution in [0.3, 0.4) is 0 Å². The minimum absolute atomic E-state index is 0.118. The van der Waals surface area contributed by atoms with Crippen LogP contribution in [0.25, 0.3) is 0 Å². The summed E-state index contributed by atoms with van der Waals surface area (Å²) in [6, 6.07) is 0. The number of rotatable bonds is 32. The van der Waals surface area contributed by atoms with Gasteiger partial charge in [-0.3, -0.25) is 14.1 Å². The fraction of sp³-hybridized carbons (Fsp3) is 0.737. The van der Waals surface area contributed by atoms with Crippen molar-refractivity contribution in [2.45, 2.75) is 161 Å². The molecule has 0 aromatic heterocycles. The maximum absolute atomic E-state index is 12.3. The summed E-state index contributed by atoms with van der Waals surface area (Å²) in [4.78, 5) is 42.6. The lowest BCUT2D eigenvalue weighted by atomic mass is 9.99. The number of carbonyl (C=O) groups excluding carboxylic acids is 2. The van der Waals surface area contributed by atoms with Gasteiger partial charge in [0.2, 0.25) is 0 Å². The molecule has 3 atom stereocenters. The Hall–Kier alpha value is -2.03. The minimum Gasteiger partial charge on any atom is -0.462 e. The van der Waals surface area contributed by atoms with Gasteiger partial charge in [0.25, 0.3) is 0 Å². The Bertz CT molecular complexity index is 954. The van der Waals surface area contributed by atoms with E-state index in [0.29, 0.717) is 19.3 Å². The number of carbonyl (C=O) groups is 2. The fourth-order valence-electron chi connectivity index (χ4n) is 4.77. The molecule has 0 rings (SSSR count). The van der Waals surface area contributed by atoms with Crippen LogP contribution in [-0.2, 0) is 28.2 Å². The molecule has 0 heterocycles. The molecule has 0 spiro atoms. The summed E-state index contributed by atoms with van der Waals surface area (Å²) in [5.41, 5.74) is 0. The van der Waals surface area contributed by atoms with Crippen molar-refractivity contribution in [3.05, 3.63) is 48.6 Å². The van der Waals surface area contributed by atoms with E-state index < -0.39 is 32.5 Å². The summed E-state index contributed by atoms with van der Waals surface area (Å²) in [7, 11) is -4.77. The molecular formula is C38H67O9P. The third-order valence-electron chi connectivity index (χ3n) is 7.96. The first-order chi connectivity index (χ1) is 23.1. The Balaban J connectivity index is 4.15. The number of ether oxygens (including phenoxy) is 2. The third kappa shape index (κ3) is 33.9. The molecule has 0 saturated heterocycles. The maximum Gasteiger partial charge on any atom is 0.469 e. The number of esters is 2. The molecule has 0 aliphatic heterocycles. The van der Waals surface area contributed by atoms with E-state index in [-0.39, 0.29) is 25.6 Å². The van der Waals surface area contributed by atoms with E-state index in [9.17, 15) is 19.3 Å². The van der Waals surface area contributed by atoms with Crippen LogP contribution < -0.4 is 0 Å². The summed E-state index contributed by atoms with van der Waals surface area (Å²) in [5, 5.41) is 9.77. The van der Waals surface area contributed by atoms with Crippen LogP contribution in [0.2, 0.25) is 0 Å². The van der Waals surface area contributed by atoms with Gasteiger partial charge in [0, 0.05) is 12.8 Å². The molecule has 3 N–H and O–H groups in total. The van der Waals surface area contributed by atoms with Gasteiger partial charge >= 0.3 is 19.8 Å². The van der Waals surface area contributed by atoms with Crippen LogP contribution in [0.5, 0.6) is 0 Å². The zero-order valence-corrected chi connectivity index (χ0v) is 31.0. The lowest BCUT2D eigenvalue weighted by Gasteiger charge is -2.18. The van der Waals surface area contributed by atoms with Gasteiger partial charge in [-0.15, -0.1) is 0 Å². The fourth-order valence-corrected chi connectivity index (χ4v) is 5.13. The number of aliphatic hydroxyl groups excluding tert-OH is 1. The van der Waals surface area contributed by atoms with Crippen molar-refractivity contribution in [3.8, 4) is 0 Å². The molecule has 0 fully saturated rings. The third-order valence-corrected chi connectivity index (χ3v) is 8.45. The predicted molar refractivity (Wildman–Crippen MR) is 194 cm³/mol. The van der Waals surface area contributed by atoms with Crippen molar-refractivity contribution in [3.63, 3.8) is 0 Å². The Morgan fingerprint density at radius 2 is 1.25 bits per heavy atom. The van der Waals surface area contributed by atoms with Gasteiger partial charge in [-0.2, -0.15) is 0 Å². The van der Waals surface area contributed by atoms with Gasteiger partial charge in [0.05, 0.1) is 12.7 Å². The Morgan fingerprint density at radius 1 is 0.688 bits per heavy atom. The number of unbranched alkanes of at least 4 members (excludes halogenated alkanes) is 9. The van der Waals surface area contributed by atoms with Gasteiger partial charge in [0.1, 0.15) is 6.61 Å². The quantitative estimate of drug-likeness (QED) is 0.0271. The van der Waals surface area contributed by atoms with Crippen molar-refractivity contribution in [1.82, 2.24) is 0 Å². The van der Waals surface area contributed by atoms with E-state index in [1.54, 1.807) is 0 Å². The Morgan fingerprint density at radius 3 is 1.85 bits per heavy atom.